The van der Waals surface area contributed by atoms with Gasteiger partial charge in [-0.15, -0.1) is 0 Å². The Morgan fingerprint density at radius 2 is 1.83 bits per heavy atom. The van der Waals surface area contributed by atoms with Crippen molar-refractivity contribution in [3.05, 3.63) is 34.9 Å². The highest BCUT2D eigenvalue weighted by Crippen LogP contribution is 2.16. The second-order valence-electron chi connectivity index (χ2n) is 2.92. The summed E-state index contributed by atoms with van der Waals surface area (Å²) in [5.74, 6) is -1.39. The van der Waals surface area contributed by atoms with Crippen LogP contribution in [0.2, 0.25) is 0 Å². The molecule has 0 fully saturated rings. The van der Waals surface area contributed by atoms with Gasteiger partial charge in [0.15, 0.2) is 11.6 Å². The van der Waals surface area contributed by atoms with Crippen molar-refractivity contribution >= 4 is 0 Å². The number of benzene rings is 1. The quantitative estimate of drug-likeness (QED) is 0.639. The van der Waals surface area contributed by atoms with Crippen LogP contribution in [0.15, 0.2) is 12.1 Å². The molecule has 0 aliphatic carbocycles. The highest BCUT2D eigenvalue weighted by molar-refractivity contribution is 5.25. The highest BCUT2D eigenvalue weighted by Gasteiger charge is 2.09. The lowest BCUT2D eigenvalue weighted by Crippen LogP contribution is -1.96. The summed E-state index contributed by atoms with van der Waals surface area (Å²) >= 11 is 0. The third-order valence-corrected chi connectivity index (χ3v) is 1.87. The van der Waals surface area contributed by atoms with Crippen LogP contribution in [0.4, 0.5) is 8.78 Å². The molecule has 0 aliphatic heterocycles. The van der Waals surface area contributed by atoms with E-state index < -0.39 is 11.6 Å². The van der Waals surface area contributed by atoms with Gasteiger partial charge in [-0.2, -0.15) is 0 Å². The largest absolute Gasteiger partial charge is 0.203 e. The minimum absolute atomic E-state index is 0.368. The lowest BCUT2D eigenvalue weighted by molar-refractivity contribution is 0.493. The molecule has 66 valence electrons. The van der Waals surface area contributed by atoms with Gasteiger partial charge >= 0.3 is 0 Å². The van der Waals surface area contributed by atoms with Crippen LogP contribution in [0.25, 0.3) is 0 Å². The number of hydrogen-bond donors (Lipinski definition) is 0. The van der Waals surface area contributed by atoms with Gasteiger partial charge in [0.05, 0.1) is 0 Å². The molecule has 1 rings (SSSR count). The van der Waals surface area contributed by atoms with E-state index in [4.69, 9.17) is 0 Å². The maximum Gasteiger partial charge on any atom is 0.162 e. The second kappa shape index (κ2) is 3.65. The number of aryl methyl sites for hydroxylation is 2. The van der Waals surface area contributed by atoms with Gasteiger partial charge in [0.25, 0.3) is 0 Å². The molecule has 12 heavy (non-hydrogen) atoms. The summed E-state index contributed by atoms with van der Waals surface area (Å²) in [6.07, 6.45) is 1.43. The summed E-state index contributed by atoms with van der Waals surface area (Å²) in [5.41, 5.74) is 0.841. The molecular formula is C10H12F2. The minimum Gasteiger partial charge on any atom is -0.203 e. The Morgan fingerprint density at radius 1 is 1.17 bits per heavy atom. The van der Waals surface area contributed by atoms with Gasteiger partial charge < -0.3 is 0 Å². The van der Waals surface area contributed by atoms with E-state index in [-0.39, 0.29) is 0 Å². The molecule has 0 unspecified atom stereocenters. The zero-order valence-corrected chi connectivity index (χ0v) is 7.32. The van der Waals surface area contributed by atoms with E-state index in [2.05, 4.69) is 0 Å². The molecule has 0 atom stereocenters. The van der Waals surface area contributed by atoms with E-state index in [0.717, 1.165) is 6.42 Å². The molecule has 0 radical (unpaired) electrons. The predicted octanol–water partition coefficient (Wildman–Crippen LogP) is 3.23. The van der Waals surface area contributed by atoms with Crippen LogP contribution in [-0.4, -0.2) is 0 Å². The molecule has 0 aromatic heterocycles. The third kappa shape index (κ3) is 1.63. The van der Waals surface area contributed by atoms with Crippen LogP contribution < -0.4 is 0 Å². The molecule has 0 amide bonds. The summed E-state index contributed by atoms with van der Waals surface area (Å²) in [6, 6.07) is 3.26. The van der Waals surface area contributed by atoms with Crippen molar-refractivity contribution in [2.45, 2.75) is 26.7 Å². The van der Waals surface area contributed by atoms with E-state index in [1.54, 1.807) is 19.1 Å². The SMILES string of the molecule is CCCc1ccc(C)c(F)c1F. The van der Waals surface area contributed by atoms with E-state index >= 15 is 0 Å². The molecular weight excluding hydrogens is 158 g/mol. The van der Waals surface area contributed by atoms with Crippen molar-refractivity contribution in [1.82, 2.24) is 0 Å². The average molecular weight is 170 g/mol. The summed E-state index contributed by atoms with van der Waals surface area (Å²) in [6.45, 7) is 3.51. The Balaban J connectivity index is 3.08. The molecule has 2 heteroatoms. The van der Waals surface area contributed by atoms with Crippen LogP contribution in [-0.2, 0) is 6.42 Å². The number of rotatable bonds is 2. The zero-order chi connectivity index (χ0) is 9.14. The van der Waals surface area contributed by atoms with Crippen molar-refractivity contribution in [1.29, 1.82) is 0 Å². The normalized spacial score (nSPS) is 10.3. The second-order valence-corrected chi connectivity index (χ2v) is 2.92. The lowest BCUT2D eigenvalue weighted by Gasteiger charge is -2.03. The van der Waals surface area contributed by atoms with Crippen LogP contribution in [0.1, 0.15) is 24.5 Å². The fourth-order valence-electron chi connectivity index (χ4n) is 1.15. The first kappa shape index (κ1) is 9.17. The van der Waals surface area contributed by atoms with Crippen LogP contribution in [0.5, 0.6) is 0 Å². The van der Waals surface area contributed by atoms with Crippen LogP contribution in [0, 0.1) is 18.6 Å². The van der Waals surface area contributed by atoms with Gasteiger partial charge in [0.2, 0.25) is 0 Å². The summed E-state index contributed by atoms with van der Waals surface area (Å²) in [7, 11) is 0. The zero-order valence-electron chi connectivity index (χ0n) is 7.32. The van der Waals surface area contributed by atoms with Gasteiger partial charge in [0, 0.05) is 0 Å². The maximum absolute atomic E-state index is 13.1. The Hall–Kier alpha value is -0.920. The highest BCUT2D eigenvalue weighted by atomic mass is 19.2. The predicted molar refractivity (Wildman–Crippen MR) is 45.1 cm³/mol. The van der Waals surface area contributed by atoms with Gasteiger partial charge in [-0.05, 0) is 24.5 Å². The van der Waals surface area contributed by atoms with Crippen molar-refractivity contribution in [2.24, 2.45) is 0 Å². The van der Waals surface area contributed by atoms with E-state index in [1.807, 2.05) is 6.92 Å². The van der Waals surface area contributed by atoms with Gasteiger partial charge in [-0.1, -0.05) is 25.5 Å². The van der Waals surface area contributed by atoms with E-state index in [1.165, 1.54) is 0 Å². The maximum atomic E-state index is 13.1. The summed E-state index contributed by atoms with van der Waals surface area (Å²) in [5, 5.41) is 0. The Kier molecular flexibility index (Phi) is 2.79. The van der Waals surface area contributed by atoms with E-state index in [9.17, 15) is 8.78 Å². The first-order chi connectivity index (χ1) is 5.66. The molecule has 0 saturated carbocycles. The van der Waals surface area contributed by atoms with Gasteiger partial charge in [0.1, 0.15) is 0 Å². The minimum atomic E-state index is -0.707. The molecule has 0 bridgehead atoms. The molecule has 0 saturated heterocycles. The Bertz CT molecular complexity index is 279. The molecule has 1 aromatic rings. The summed E-state index contributed by atoms with van der Waals surface area (Å²) < 4.78 is 26.0. The van der Waals surface area contributed by atoms with Crippen LogP contribution >= 0.6 is 0 Å². The lowest BCUT2D eigenvalue weighted by atomic mass is 10.1. The first-order valence-corrected chi connectivity index (χ1v) is 4.10. The average Bonchev–Trinajstić information content (AvgIpc) is 2.07. The Morgan fingerprint density at radius 3 is 2.42 bits per heavy atom. The topological polar surface area (TPSA) is 0 Å². The van der Waals surface area contributed by atoms with Gasteiger partial charge in [-0.3, -0.25) is 0 Å². The first-order valence-electron chi connectivity index (χ1n) is 4.10. The molecule has 1 aromatic carbocycles. The third-order valence-electron chi connectivity index (χ3n) is 1.87. The fraction of sp³-hybridized carbons (Fsp3) is 0.400. The molecule has 0 spiro atoms. The molecule has 0 N–H and O–H groups in total. The molecule has 0 heterocycles. The van der Waals surface area contributed by atoms with Crippen molar-refractivity contribution in [3.63, 3.8) is 0 Å². The number of hydrogen-bond acceptors (Lipinski definition) is 0. The molecule has 0 nitrogen and oxygen atoms in total. The Labute approximate surface area is 71.2 Å². The fourth-order valence-corrected chi connectivity index (χ4v) is 1.15. The van der Waals surface area contributed by atoms with Crippen LogP contribution in [0.3, 0.4) is 0 Å². The molecule has 0 aliphatic rings. The van der Waals surface area contributed by atoms with E-state index in [0.29, 0.717) is 17.5 Å². The van der Waals surface area contributed by atoms with Crippen molar-refractivity contribution in [2.75, 3.05) is 0 Å². The summed E-state index contributed by atoms with van der Waals surface area (Å²) in [4.78, 5) is 0. The van der Waals surface area contributed by atoms with Gasteiger partial charge in [-0.25, -0.2) is 8.78 Å². The van der Waals surface area contributed by atoms with Crippen molar-refractivity contribution < 1.29 is 8.78 Å². The monoisotopic (exact) mass is 170 g/mol. The standard InChI is InChI=1S/C10H12F2/c1-3-4-8-6-5-7(2)9(11)10(8)12/h5-6H,3-4H2,1-2H3. The van der Waals surface area contributed by atoms with Crippen molar-refractivity contribution in [3.8, 4) is 0 Å². The number of halogens is 2. The smallest absolute Gasteiger partial charge is 0.162 e.